The van der Waals surface area contributed by atoms with Crippen LogP contribution in [0.4, 0.5) is 0 Å². The highest BCUT2D eigenvalue weighted by molar-refractivity contribution is 6.15. The number of cyclic esters (lactones) is 2. The summed E-state index contributed by atoms with van der Waals surface area (Å²) >= 11 is 0. The van der Waals surface area contributed by atoms with Crippen LogP contribution >= 0.6 is 0 Å². The summed E-state index contributed by atoms with van der Waals surface area (Å²) in [5.41, 5.74) is 0.0939. The minimum atomic E-state index is -2.12. The van der Waals surface area contributed by atoms with Crippen LogP contribution < -0.4 is 0 Å². The van der Waals surface area contributed by atoms with Crippen LogP contribution in [-0.4, -0.2) is 22.2 Å². The number of esters is 2. The number of fused-ring (bicyclic) bond motifs is 1. The van der Waals surface area contributed by atoms with Gasteiger partial charge < -0.3 is 14.9 Å². The second kappa shape index (κ2) is 5.11. The Morgan fingerprint density at radius 3 is 2.58 bits per heavy atom. The highest BCUT2D eigenvalue weighted by atomic mass is 16.6. The van der Waals surface area contributed by atoms with E-state index in [9.17, 15) is 19.8 Å². The SMILES string of the molecule is CCCCCC(O)(O)c1cccc2c1C(=O)OC2=O. The lowest BCUT2D eigenvalue weighted by atomic mass is 9.92. The van der Waals surface area contributed by atoms with Crippen molar-refractivity contribution in [2.75, 3.05) is 0 Å². The van der Waals surface area contributed by atoms with E-state index in [1.807, 2.05) is 6.92 Å². The van der Waals surface area contributed by atoms with E-state index in [0.717, 1.165) is 12.8 Å². The van der Waals surface area contributed by atoms with Crippen LogP contribution in [0.2, 0.25) is 0 Å². The highest BCUT2D eigenvalue weighted by Gasteiger charge is 2.38. The molecule has 1 heterocycles. The average Bonchev–Trinajstić information content (AvgIpc) is 2.65. The van der Waals surface area contributed by atoms with Crippen LogP contribution in [0.3, 0.4) is 0 Å². The fourth-order valence-corrected chi connectivity index (χ4v) is 2.22. The third-order valence-corrected chi connectivity index (χ3v) is 3.23. The first-order chi connectivity index (χ1) is 8.97. The van der Waals surface area contributed by atoms with Gasteiger partial charge >= 0.3 is 11.9 Å². The van der Waals surface area contributed by atoms with Crippen LogP contribution in [-0.2, 0) is 10.5 Å². The van der Waals surface area contributed by atoms with Crippen molar-refractivity contribution in [1.82, 2.24) is 0 Å². The first-order valence-corrected chi connectivity index (χ1v) is 6.32. The van der Waals surface area contributed by atoms with Crippen LogP contribution in [0, 0.1) is 0 Å². The summed E-state index contributed by atoms with van der Waals surface area (Å²) in [6.45, 7) is 2.01. The van der Waals surface area contributed by atoms with E-state index in [-0.39, 0.29) is 23.1 Å². The van der Waals surface area contributed by atoms with Crippen LogP contribution in [0.1, 0.15) is 58.9 Å². The largest absolute Gasteiger partial charge is 0.386 e. The Kier molecular flexibility index (Phi) is 3.68. The molecular formula is C14H16O5. The Hall–Kier alpha value is -1.72. The van der Waals surface area contributed by atoms with Gasteiger partial charge in [-0.25, -0.2) is 9.59 Å². The van der Waals surface area contributed by atoms with Gasteiger partial charge in [0.1, 0.15) is 0 Å². The first kappa shape index (κ1) is 13.7. The molecule has 0 aliphatic carbocycles. The molecule has 0 spiro atoms. The van der Waals surface area contributed by atoms with Crippen LogP contribution in [0.5, 0.6) is 0 Å². The molecule has 102 valence electrons. The molecule has 2 N–H and O–H groups in total. The number of unbranched alkanes of at least 4 members (excludes halogenated alkanes) is 2. The second-order valence-corrected chi connectivity index (χ2v) is 4.68. The van der Waals surface area contributed by atoms with Crippen LogP contribution in [0.25, 0.3) is 0 Å². The van der Waals surface area contributed by atoms with Gasteiger partial charge in [0.25, 0.3) is 0 Å². The Bertz CT molecular complexity index is 519. The van der Waals surface area contributed by atoms with Crippen LogP contribution in [0.15, 0.2) is 18.2 Å². The van der Waals surface area contributed by atoms with Crippen molar-refractivity contribution in [2.24, 2.45) is 0 Å². The Balaban J connectivity index is 2.36. The minimum absolute atomic E-state index is 0.0333. The summed E-state index contributed by atoms with van der Waals surface area (Å²) in [4.78, 5) is 23.0. The maximum absolute atomic E-state index is 11.6. The Morgan fingerprint density at radius 1 is 1.16 bits per heavy atom. The second-order valence-electron chi connectivity index (χ2n) is 4.68. The fraction of sp³-hybridized carbons (Fsp3) is 0.429. The van der Waals surface area contributed by atoms with E-state index in [4.69, 9.17) is 0 Å². The molecule has 0 unspecified atom stereocenters. The van der Waals surface area contributed by atoms with Gasteiger partial charge in [0.15, 0.2) is 5.79 Å². The highest BCUT2D eigenvalue weighted by Crippen LogP contribution is 2.32. The zero-order chi connectivity index (χ0) is 14.0. The molecular weight excluding hydrogens is 248 g/mol. The lowest BCUT2D eigenvalue weighted by molar-refractivity contribution is -0.175. The Morgan fingerprint density at radius 2 is 1.89 bits per heavy atom. The predicted octanol–water partition coefficient (Wildman–Crippen LogP) is 1.71. The number of benzene rings is 1. The van der Waals surface area contributed by atoms with E-state index < -0.39 is 17.7 Å². The number of hydrogen-bond donors (Lipinski definition) is 2. The van der Waals surface area contributed by atoms with Gasteiger partial charge in [-0.3, -0.25) is 0 Å². The van der Waals surface area contributed by atoms with Crippen molar-refractivity contribution in [3.63, 3.8) is 0 Å². The van der Waals surface area contributed by atoms with Gasteiger partial charge in [-0.1, -0.05) is 31.9 Å². The summed E-state index contributed by atoms with van der Waals surface area (Å²) in [7, 11) is 0. The number of ether oxygens (including phenoxy) is 1. The molecule has 0 bridgehead atoms. The van der Waals surface area contributed by atoms with Gasteiger partial charge in [-0.05, 0) is 12.5 Å². The van der Waals surface area contributed by atoms with Crippen molar-refractivity contribution in [1.29, 1.82) is 0 Å². The third kappa shape index (κ3) is 2.52. The lowest BCUT2D eigenvalue weighted by Crippen LogP contribution is -2.27. The number of aliphatic hydroxyl groups is 2. The number of carbonyl (C=O) groups excluding carboxylic acids is 2. The molecule has 5 nitrogen and oxygen atoms in total. The first-order valence-electron chi connectivity index (χ1n) is 6.32. The van der Waals surface area contributed by atoms with E-state index in [1.54, 1.807) is 0 Å². The molecule has 1 aromatic rings. The van der Waals surface area contributed by atoms with Crippen molar-refractivity contribution >= 4 is 11.9 Å². The monoisotopic (exact) mass is 264 g/mol. The molecule has 0 atom stereocenters. The molecule has 0 aromatic heterocycles. The van der Waals surface area contributed by atoms with E-state index in [2.05, 4.69) is 4.74 Å². The smallest absolute Gasteiger partial charge is 0.347 e. The normalized spacial score (nSPS) is 14.5. The quantitative estimate of drug-likeness (QED) is 0.366. The third-order valence-electron chi connectivity index (χ3n) is 3.23. The number of hydrogen-bond acceptors (Lipinski definition) is 5. The average molecular weight is 264 g/mol. The molecule has 5 heteroatoms. The van der Waals surface area contributed by atoms with E-state index in [0.29, 0.717) is 6.42 Å². The zero-order valence-corrected chi connectivity index (χ0v) is 10.7. The molecule has 0 saturated carbocycles. The lowest BCUT2D eigenvalue weighted by Gasteiger charge is -2.23. The summed E-state index contributed by atoms with van der Waals surface area (Å²) in [6.07, 6.45) is 2.54. The number of carbonyl (C=O) groups is 2. The molecule has 1 aliphatic rings. The van der Waals surface area contributed by atoms with Gasteiger partial charge in [-0.15, -0.1) is 0 Å². The zero-order valence-electron chi connectivity index (χ0n) is 10.7. The summed E-state index contributed by atoms with van der Waals surface area (Å²) in [6, 6.07) is 4.38. The molecule has 1 aromatic carbocycles. The molecule has 0 amide bonds. The summed E-state index contributed by atoms with van der Waals surface area (Å²) in [5, 5.41) is 20.2. The minimum Gasteiger partial charge on any atom is -0.386 e. The fourth-order valence-electron chi connectivity index (χ4n) is 2.22. The topological polar surface area (TPSA) is 83.8 Å². The number of rotatable bonds is 5. The van der Waals surface area contributed by atoms with Crippen molar-refractivity contribution in [2.45, 2.75) is 38.4 Å². The molecule has 2 rings (SSSR count). The van der Waals surface area contributed by atoms with Crippen molar-refractivity contribution in [3.05, 3.63) is 34.9 Å². The van der Waals surface area contributed by atoms with Gasteiger partial charge in [-0.2, -0.15) is 0 Å². The van der Waals surface area contributed by atoms with Crippen molar-refractivity contribution in [3.8, 4) is 0 Å². The summed E-state index contributed by atoms with van der Waals surface area (Å²) < 4.78 is 4.49. The van der Waals surface area contributed by atoms with Gasteiger partial charge in [0.05, 0.1) is 11.1 Å². The molecule has 0 fully saturated rings. The Labute approximate surface area is 110 Å². The van der Waals surface area contributed by atoms with E-state index >= 15 is 0 Å². The molecule has 0 radical (unpaired) electrons. The predicted molar refractivity (Wildman–Crippen MR) is 66.4 cm³/mol. The van der Waals surface area contributed by atoms with Gasteiger partial charge in [0, 0.05) is 12.0 Å². The maximum Gasteiger partial charge on any atom is 0.347 e. The molecule has 1 aliphatic heterocycles. The van der Waals surface area contributed by atoms with Crippen molar-refractivity contribution < 1.29 is 24.5 Å². The van der Waals surface area contributed by atoms with E-state index in [1.165, 1.54) is 18.2 Å². The molecule has 0 saturated heterocycles. The standard InChI is InChI=1S/C14H16O5/c1-2-3-4-8-14(17,18)10-7-5-6-9-11(10)13(16)19-12(9)15/h5-7,17-18H,2-4,8H2,1H3. The van der Waals surface area contributed by atoms with Gasteiger partial charge in [0.2, 0.25) is 0 Å². The maximum atomic E-state index is 11.6. The summed E-state index contributed by atoms with van der Waals surface area (Å²) in [5.74, 6) is -3.69. The molecule has 19 heavy (non-hydrogen) atoms.